The molecule has 2 unspecified atom stereocenters. The van der Waals surface area contributed by atoms with Crippen molar-refractivity contribution in [3.63, 3.8) is 0 Å². The van der Waals surface area contributed by atoms with E-state index >= 15 is 0 Å². The van der Waals surface area contributed by atoms with Crippen LogP contribution in [0.5, 0.6) is 5.75 Å². The molecule has 2 aliphatic rings. The Hall–Kier alpha value is -5.42. The maximum atomic E-state index is 14.8. The summed E-state index contributed by atoms with van der Waals surface area (Å²) in [4.78, 5) is 67.9. The monoisotopic (exact) mass is 1180 g/mol. The van der Waals surface area contributed by atoms with Crippen molar-refractivity contribution in [3.8, 4) is 16.9 Å². The third-order valence-electron chi connectivity index (χ3n) is 17.2. The number of rotatable bonds is 28. The van der Waals surface area contributed by atoms with Gasteiger partial charge in [-0.3, -0.25) is 23.5 Å². The third kappa shape index (κ3) is 17.4. The van der Waals surface area contributed by atoms with Gasteiger partial charge in [0.05, 0.1) is 20.8 Å². The molecule has 1 fully saturated rings. The molecule has 3 aromatic carbocycles. The van der Waals surface area contributed by atoms with Crippen LogP contribution in [-0.4, -0.2) is 119 Å². The van der Waals surface area contributed by atoms with Gasteiger partial charge in [0.2, 0.25) is 5.91 Å². The van der Waals surface area contributed by atoms with E-state index in [1.807, 2.05) is 0 Å². The number of methoxy groups -OCH3 is 2. The molecule has 2 amide bonds. The van der Waals surface area contributed by atoms with Crippen molar-refractivity contribution in [1.82, 2.24) is 25.1 Å². The van der Waals surface area contributed by atoms with Gasteiger partial charge in [-0.1, -0.05) is 121 Å². The molecular weight excluding hydrogens is 1090 g/mol. The Morgan fingerprint density at radius 1 is 0.687 bits per heavy atom. The Morgan fingerprint density at radius 2 is 1.25 bits per heavy atom. The van der Waals surface area contributed by atoms with Crippen LogP contribution in [0.3, 0.4) is 0 Å². The first-order chi connectivity index (χ1) is 39.0. The Bertz CT molecular complexity index is 2860. The van der Waals surface area contributed by atoms with Gasteiger partial charge in [-0.25, -0.2) is 9.59 Å². The van der Waals surface area contributed by atoms with Crippen LogP contribution in [0.25, 0.3) is 11.1 Å². The van der Waals surface area contributed by atoms with E-state index < -0.39 is 82.2 Å². The first-order valence-corrected chi connectivity index (χ1v) is 35.7. The van der Waals surface area contributed by atoms with E-state index in [0.29, 0.717) is 49.6 Å². The van der Waals surface area contributed by atoms with E-state index in [1.54, 1.807) is 52.1 Å². The van der Waals surface area contributed by atoms with Gasteiger partial charge in [0.1, 0.15) is 41.8 Å². The van der Waals surface area contributed by atoms with Crippen molar-refractivity contribution in [2.24, 2.45) is 5.92 Å². The summed E-state index contributed by atoms with van der Waals surface area (Å²) < 4.78 is 40.1. The average molecular weight is 1180 g/mol. The van der Waals surface area contributed by atoms with Gasteiger partial charge in [0.25, 0.3) is 5.56 Å². The summed E-state index contributed by atoms with van der Waals surface area (Å²) in [6, 6.07) is 24.4. The van der Waals surface area contributed by atoms with E-state index in [-0.39, 0.29) is 35.0 Å². The molecule has 0 bridgehead atoms. The van der Waals surface area contributed by atoms with Crippen molar-refractivity contribution in [2.45, 2.75) is 211 Å². The Morgan fingerprint density at radius 3 is 1.83 bits per heavy atom. The summed E-state index contributed by atoms with van der Waals surface area (Å²) in [6.45, 7) is 27.4. The molecule has 7 atom stereocenters. The summed E-state index contributed by atoms with van der Waals surface area (Å²) >= 11 is 0. The molecule has 0 saturated carbocycles. The number of nitrogens with one attached hydrogen (secondary N) is 3. The number of aromatic nitrogens is 2. The lowest BCUT2D eigenvalue weighted by Gasteiger charge is -2.44. The van der Waals surface area contributed by atoms with Crippen molar-refractivity contribution >= 4 is 34.6 Å². The molecule has 2 heterocycles. The Labute approximate surface area is 495 Å². The highest BCUT2D eigenvalue weighted by molar-refractivity contribution is 6.74. The lowest BCUT2D eigenvalue weighted by molar-refractivity contribution is -0.166. The maximum Gasteiger partial charge on any atom is 0.406 e. The fraction of sp³-hybridized carbons (Fsp3) is 0.609. The Kier molecular flexibility index (Phi) is 23.0. The number of fused-ring (bicyclic) bond motifs is 3. The zero-order valence-corrected chi connectivity index (χ0v) is 54.2. The lowest BCUT2D eigenvalue weighted by Crippen LogP contribution is -2.59. The quantitative estimate of drug-likeness (QED) is 0.0238. The van der Waals surface area contributed by atoms with Crippen LogP contribution < -0.4 is 31.9 Å². The van der Waals surface area contributed by atoms with Gasteiger partial charge in [-0.2, -0.15) is 0 Å². The summed E-state index contributed by atoms with van der Waals surface area (Å²) in [6.07, 6.45) is 2.29. The SMILES string of the molecule is COC(=O)NCCCCCCC(CCCC(=O)NCCCN[C@H](C(=O)OC(C)(C)C)C(O)[C@H]1O[C@@H](n2ccc(=O)n(Cc3ccc(OC)cc3)c2=O)[C@H](O[Si](C)(C)C(C)(C)C)[C@@H]1O[Si](C)(C)C(C)(C)C)C1c2ccccc2-c2ccccc21. The van der Waals surface area contributed by atoms with Crippen molar-refractivity contribution in [1.29, 1.82) is 0 Å². The zero-order chi connectivity index (χ0) is 61.1. The van der Waals surface area contributed by atoms with E-state index in [9.17, 15) is 29.1 Å². The topological polar surface area (TPSA) is 207 Å². The number of benzene rings is 3. The molecular formula is C64H97N5O12Si2. The van der Waals surface area contributed by atoms with Gasteiger partial charge in [-0.15, -0.1) is 0 Å². The number of nitrogens with zero attached hydrogens (tertiary/aromatic N) is 2. The molecule has 0 radical (unpaired) electrons. The van der Waals surface area contributed by atoms with Gasteiger partial charge in [-0.05, 0) is 142 Å². The molecule has 19 heteroatoms. The first-order valence-electron chi connectivity index (χ1n) is 29.9. The number of carbonyl (C=O) groups excluding carboxylic acids is 3. The van der Waals surface area contributed by atoms with Crippen LogP contribution in [0, 0.1) is 5.92 Å². The molecule has 4 N–H and O–H groups in total. The van der Waals surface area contributed by atoms with Crippen LogP contribution in [0.2, 0.25) is 36.3 Å². The van der Waals surface area contributed by atoms with E-state index in [1.165, 1.54) is 46.2 Å². The molecule has 83 heavy (non-hydrogen) atoms. The zero-order valence-electron chi connectivity index (χ0n) is 52.2. The predicted molar refractivity (Wildman–Crippen MR) is 331 cm³/mol. The minimum absolute atomic E-state index is 0.0299. The fourth-order valence-corrected chi connectivity index (χ4v) is 13.2. The number of amides is 2. The first kappa shape index (κ1) is 66.7. The molecule has 0 spiro atoms. The van der Waals surface area contributed by atoms with E-state index in [2.05, 4.69) is 132 Å². The van der Waals surface area contributed by atoms with Crippen molar-refractivity contribution in [2.75, 3.05) is 33.9 Å². The minimum atomic E-state index is -2.76. The van der Waals surface area contributed by atoms with Crippen LogP contribution >= 0.6 is 0 Å². The number of carbonyl (C=O) groups is 3. The number of hydrogen-bond donors (Lipinski definition) is 4. The molecule has 4 aromatic rings. The fourth-order valence-electron chi connectivity index (χ4n) is 10.7. The molecule has 458 valence electrons. The largest absolute Gasteiger partial charge is 0.497 e. The van der Waals surface area contributed by atoms with E-state index in [4.69, 9.17) is 27.8 Å². The van der Waals surface area contributed by atoms with Crippen LogP contribution in [0.4, 0.5) is 4.79 Å². The molecule has 1 saturated heterocycles. The standard InChI is InChI=1S/C64H97N5O12Si2/c1-62(2,3)79-59(73)53(66-40-25-39-65-50(70)32-24-27-44(26-18-16-17-23-38-67-60(74)77-11)52-48-30-21-19-28-46(48)47-29-20-22-31-49(47)52)54(72)55-56(80-82(12,13)63(4,5)6)57(81-83(14,15)64(7,8)9)58(78-55)68-41-37-51(71)69(61(68)75)42-43-33-35-45(76-10)36-34-43/h19-22,28-31,33-37,41,44,52-58,66,72H,16-18,23-27,32,38-40,42H2,1-15H3,(H,65,70)(H,67,74)/t44?,53-,54?,55+,56+,57+,58+/m0/s1. The second-order valence-electron chi connectivity index (χ2n) is 26.5. The number of aliphatic hydroxyl groups excluding tert-OH is 1. The second-order valence-corrected chi connectivity index (χ2v) is 36.1. The van der Waals surface area contributed by atoms with Gasteiger partial charge < -0.3 is 48.9 Å². The lowest BCUT2D eigenvalue weighted by atomic mass is 9.78. The van der Waals surface area contributed by atoms with Crippen LogP contribution in [0.15, 0.2) is 94.6 Å². The van der Waals surface area contributed by atoms with E-state index in [0.717, 1.165) is 43.1 Å². The number of aliphatic hydroxyl groups is 1. The molecule has 1 aromatic heterocycles. The summed E-state index contributed by atoms with van der Waals surface area (Å²) in [7, 11) is -2.57. The molecule has 1 aliphatic heterocycles. The second kappa shape index (κ2) is 28.6. The number of esters is 1. The van der Waals surface area contributed by atoms with Crippen LogP contribution in [0.1, 0.15) is 149 Å². The number of ether oxygens (including phenoxy) is 4. The summed E-state index contributed by atoms with van der Waals surface area (Å²) in [5, 5.41) is 21.4. The Balaban J connectivity index is 1.20. The highest BCUT2D eigenvalue weighted by Crippen LogP contribution is 2.51. The highest BCUT2D eigenvalue weighted by Gasteiger charge is 2.58. The molecule has 6 rings (SSSR count). The number of hydrogen-bond acceptors (Lipinski definition) is 13. The van der Waals surface area contributed by atoms with Crippen molar-refractivity contribution in [3.05, 3.63) is 123 Å². The number of alkyl carbamates (subject to hydrolysis) is 1. The highest BCUT2D eigenvalue weighted by atomic mass is 28.4. The van der Waals surface area contributed by atoms with Crippen LogP contribution in [-0.2, 0) is 39.2 Å². The van der Waals surface area contributed by atoms with Gasteiger partial charge in [0, 0.05) is 37.7 Å². The maximum absolute atomic E-state index is 14.8. The van der Waals surface area contributed by atoms with Crippen molar-refractivity contribution < 1.29 is 47.3 Å². The number of unbranched alkanes of at least 4 members (excludes halogenated alkanes) is 3. The summed E-state index contributed by atoms with van der Waals surface area (Å²) in [5.41, 5.74) is 3.85. The normalized spacial score (nSPS) is 18.7. The predicted octanol–water partition coefficient (Wildman–Crippen LogP) is 10.8. The third-order valence-corrected chi connectivity index (χ3v) is 26.2. The van der Waals surface area contributed by atoms with Gasteiger partial charge >= 0.3 is 17.8 Å². The van der Waals surface area contributed by atoms with Gasteiger partial charge in [0.15, 0.2) is 22.9 Å². The summed E-state index contributed by atoms with van der Waals surface area (Å²) in [5.74, 6) is 0.408. The smallest absolute Gasteiger partial charge is 0.406 e. The average Bonchev–Trinajstić information content (AvgIpc) is 2.37. The molecule has 1 aliphatic carbocycles. The molecule has 17 nitrogen and oxygen atoms in total. The minimum Gasteiger partial charge on any atom is -0.497 e.